The number of hydrogen-bond donors (Lipinski definition) is 2. The predicted octanol–water partition coefficient (Wildman–Crippen LogP) is 2.60. The van der Waals surface area contributed by atoms with Gasteiger partial charge in [-0.1, -0.05) is 6.92 Å². The summed E-state index contributed by atoms with van der Waals surface area (Å²) >= 11 is 0. The first-order valence-corrected chi connectivity index (χ1v) is 11.4. The van der Waals surface area contributed by atoms with Crippen molar-refractivity contribution >= 4 is 22.9 Å². The molecule has 35 heavy (non-hydrogen) atoms. The van der Waals surface area contributed by atoms with Crippen molar-refractivity contribution in [2.75, 3.05) is 44.0 Å². The van der Waals surface area contributed by atoms with Gasteiger partial charge in [0.2, 0.25) is 11.8 Å². The van der Waals surface area contributed by atoms with Crippen LogP contribution in [-0.4, -0.2) is 62.9 Å². The van der Waals surface area contributed by atoms with E-state index in [1.54, 1.807) is 48.6 Å². The van der Waals surface area contributed by atoms with Crippen molar-refractivity contribution in [1.82, 2.24) is 29.5 Å². The van der Waals surface area contributed by atoms with E-state index in [1.807, 2.05) is 19.1 Å². The number of hydrogen-bond acceptors (Lipinski definition) is 10. The summed E-state index contributed by atoms with van der Waals surface area (Å²) in [7, 11) is 1.57. The topological polar surface area (TPSA) is 129 Å². The number of anilines is 2. The van der Waals surface area contributed by atoms with Crippen LogP contribution in [0.15, 0.2) is 53.8 Å². The van der Waals surface area contributed by atoms with Gasteiger partial charge in [0.1, 0.15) is 0 Å². The molecule has 0 unspecified atom stereocenters. The lowest BCUT2D eigenvalue weighted by Gasteiger charge is -2.14. The van der Waals surface area contributed by atoms with E-state index in [4.69, 9.17) is 9.47 Å². The smallest absolute Gasteiger partial charge is 0.293 e. The molecule has 11 nitrogen and oxygen atoms in total. The summed E-state index contributed by atoms with van der Waals surface area (Å²) in [6.07, 6.45) is 7.66. The van der Waals surface area contributed by atoms with Gasteiger partial charge in [-0.05, 0) is 24.6 Å². The second kappa shape index (κ2) is 11.8. The van der Waals surface area contributed by atoms with Gasteiger partial charge in [0.25, 0.3) is 5.56 Å². The molecule has 0 aliphatic rings. The average Bonchev–Trinajstić information content (AvgIpc) is 2.91. The first-order chi connectivity index (χ1) is 17.2. The van der Waals surface area contributed by atoms with Crippen LogP contribution in [0.3, 0.4) is 0 Å². The standard InChI is InChI=1S/C24H28N8O3/c1-3-12-35-13-11-32-19-14-18(17-5-6-20(34-2)29-15-17)16-30-21(19)31-22(23(32)33)25-9-10-28-24-26-7-4-8-27-24/h4-8,14-16H,3,9-13H2,1-2H3,(H,25,30,31)(H,26,27,28). The molecule has 0 aromatic carbocycles. The molecule has 0 amide bonds. The van der Waals surface area contributed by atoms with Gasteiger partial charge >= 0.3 is 0 Å². The highest BCUT2D eigenvalue weighted by Gasteiger charge is 2.13. The summed E-state index contributed by atoms with van der Waals surface area (Å²) in [5.74, 6) is 1.28. The van der Waals surface area contributed by atoms with Gasteiger partial charge in [-0.3, -0.25) is 9.36 Å². The molecule has 182 valence electrons. The van der Waals surface area contributed by atoms with Gasteiger partial charge in [-0.2, -0.15) is 0 Å². The van der Waals surface area contributed by atoms with Gasteiger partial charge in [0.15, 0.2) is 11.5 Å². The molecule has 0 bridgehead atoms. The summed E-state index contributed by atoms with van der Waals surface area (Å²) in [6.45, 7) is 4.44. The van der Waals surface area contributed by atoms with Gasteiger partial charge in [-0.25, -0.2) is 24.9 Å². The molecule has 0 radical (unpaired) electrons. The highest BCUT2D eigenvalue weighted by molar-refractivity contribution is 5.78. The number of ether oxygens (including phenoxy) is 2. The molecule has 11 heteroatoms. The zero-order valence-electron chi connectivity index (χ0n) is 19.8. The van der Waals surface area contributed by atoms with Crippen LogP contribution in [0.1, 0.15) is 13.3 Å². The van der Waals surface area contributed by atoms with Crippen LogP contribution in [-0.2, 0) is 11.3 Å². The van der Waals surface area contributed by atoms with Crippen molar-refractivity contribution in [3.63, 3.8) is 0 Å². The van der Waals surface area contributed by atoms with E-state index in [0.717, 1.165) is 17.5 Å². The lowest BCUT2D eigenvalue weighted by atomic mass is 10.1. The summed E-state index contributed by atoms with van der Waals surface area (Å²) in [5.41, 5.74) is 2.54. The Hall–Kier alpha value is -4.12. The Morgan fingerprint density at radius 3 is 2.51 bits per heavy atom. The number of nitrogens with one attached hydrogen (secondary N) is 2. The SMILES string of the molecule is CCCOCCn1c(=O)c(NCCNc2ncccn2)nc2ncc(-c3ccc(OC)nc3)cc21. The molecule has 0 aliphatic carbocycles. The summed E-state index contributed by atoms with van der Waals surface area (Å²) in [6, 6.07) is 7.33. The van der Waals surface area contributed by atoms with Crippen molar-refractivity contribution in [2.24, 2.45) is 0 Å². The van der Waals surface area contributed by atoms with Gasteiger partial charge in [0, 0.05) is 68.2 Å². The van der Waals surface area contributed by atoms with Gasteiger partial charge in [-0.15, -0.1) is 0 Å². The van der Waals surface area contributed by atoms with E-state index >= 15 is 0 Å². The zero-order chi connectivity index (χ0) is 24.5. The molecule has 0 fully saturated rings. The molecule has 4 heterocycles. The highest BCUT2D eigenvalue weighted by atomic mass is 16.5. The maximum atomic E-state index is 13.3. The third-order valence-corrected chi connectivity index (χ3v) is 5.16. The number of rotatable bonds is 12. The van der Waals surface area contributed by atoms with Crippen LogP contribution >= 0.6 is 0 Å². The molecular formula is C24H28N8O3. The van der Waals surface area contributed by atoms with E-state index in [2.05, 4.69) is 35.6 Å². The summed E-state index contributed by atoms with van der Waals surface area (Å²) < 4.78 is 12.4. The largest absolute Gasteiger partial charge is 0.481 e. The number of methoxy groups -OCH3 is 1. The van der Waals surface area contributed by atoms with Crippen LogP contribution in [0, 0.1) is 0 Å². The number of nitrogens with zero attached hydrogens (tertiary/aromatic N) is 6. The Morgan fingerprint density at radius 1 is 0.971 bits per heavy atom. The number of pyridine rings is 2. The van der Waals surface area contributed by atoms with E-state index in [-0.39, 0.29) is 11.4 Å². The first-order valence-electron chi connectivity index (χ1n) is 11.4. The maximum absolute atomic E-state index is 13.3. The fraction of sp³-hybridized carbons (Fsp3) is 0.333. The Labute approximate surface area is 202 Å². The predicted molar refractivity (Wildman–Crippen MR) is 134 cm³/mol. The molecule has 4 aromatic rings. The second-order valence-corrected chi connectivity index (χ2v) is 7.61. The van der Waals surface area contributed by atoms with Crippen molar-refractivity contribution in [1.29, 1.82) is 0 Å². The molecule has 4 aromatic heterocycles. The quantitative estimate of drug-likeness (QED) is 0.294. The summed E-state index contributed by atoms with van der Waals surface area (Å²) in [4.78, 5) is 34.9. The normalized spacial score (nSPS) is 10.9. The minimum absolute atomic E-state index is 0.232. The zero-order valence-corrected chi connectivity index (χ0v) is 19.8. The molecule has 2 N–H and O–H groups in total. The lowest BCUT2D eigenvalue weighted by molar-refractivity contribution is 0.127. The third kappa shape index (κ3) is 6.07. The van der Waals surface area contributed by atoms with Crippen LogP contribution in [0.2, 0.25) is 0 Å². The number of fused-ring (bicyclic) bond motifs is 1. The van der Waals surface area contributed by atoms with Crippen LogP contribution < -0.4 is 20.9 Å². The van der Waals surface area contributed by atoms with Gasteiger partial charge < -0.3 is 20.1 Å². The minimum atomic E-state index is -0.236. The Bertz CT molecular complexity index is 1300. The van der Waals surface area contributed by atoms with Crippen molar-refractivity contribution in [3.8, 4) is 17.0 Å². The van der Waals surface area contributed by atoms with Gasteiger partial charge in [0.05, 0.1) is 19.2 Å². The Kier molecular flexibility index (Phi) is 8.12. The fourth-order valence-electron chi connectivity index (χ4n) is 3.44. The molecule has 4 rings (SSSR count). The molecular weight excluding hydrogens is 448 g/mol. The van der Waals surface area contributed by atoms with Crippen molar-refractivity contribution < 1.29 is 9.47 Å². The van der Waals surface area contributed by atoms with E-state index < -0.39 is 0 Å². The third-order valence-electron chi connectivity index (χ3n) is 5.16. The average molecular weight is 477 g/mol. The fourth-order valence-corrected chi connectivity index (χ4v) is 3.44. The summed E-state index contributed by atoms with van der Waals surface area (Å²) in [5, 5.41) is 6.21. The maximum Gasteiger partial charge on any atom is 0.293 e. The van der Waals surface area contributed by atoms with E-state index in [0.29, 0.717) is 55.8 Å². The van der Waals surface area contributed by atoms with E-state index in [9.17, 15) is 4.79 Å². The van der Waals surface area contributed by atoms with Crippen LogP contribution in [0.5, 0.6) is 5.88 Å². The molecule has 0 atom stereocenters. The van der Waals surface area contributed by atoms with Crippen molar-refractivity contribution in [3.05, 3.63) is 59.4 Å². The van der Waals surface area contributed by atoms with Crippen molar-refractivity contribution in [2.45, 2.75) is 19.9 Å². The van der Waals surface area contributed by atoms with E-state index in [1.165, 1.54) is 0 Å². The molecule has 0 aliphatic heterocycles. The monoisotopic (exact) mass is 476 g/mol. The van der Waals surface area contributed by atoms with Crippen LogP contribution in [0.4, 0.5) is 11.8 Å². The lowest BCUT2D eigenvalue weighted by Crippen LogP contribution is -2.29. The molecule has 0 saturated carbocycles. The number of aromatic nitrogens is 6. The molecule has 0 saturated heterocycles. The van der Waals surface area contributed by atoms with Crippen LogP contribution in [0.25, 0.3) is 22.3 Å². The highest BCUT2D eigenvalue weighted by Crippen LogP contribution is 2.23. The first kappa shape index (κ1) is 24.0. The Balaban J connectivity index is 1.59. The Morgan fingerprint density at radius 2 is 1.77 bits per heavy atom. The minimum Gasteiger partial charge on any atom is -0.481 e. The second-order valence-electron chi connectivity index (χ2n) is 7.61. The molecule has 0 spiro atoms.